The first-order chi connectivity index (χ1) is 25.3. The van der Waals surface area contributed by atoms with Gasteiger partial charge in [0.2, 0.25) is 0 Å². The number of benzene rings is 6. The molecule has 0 radical (unpaired) electrons. The molecule has 0 saturated heterocycles. The van der Waals surface area contributed by atoms with Crippen molar-refractivity contribution in [2.24, 2.45) is 0 Å². The first-order valence-corrected chi connectivity index (χ1v) is 17.3. The average Bonchev–Trinajstić information content (AvgIpc) is 3.88. The second-order valence-electron chi connectivity index (χ2n) is 13.0. The Morgan fingerprint density at radius 3 is 1.90 bits per heavy atom. The summed E-state index contributed by atoms with van der Waals surface area (Å²) in [5.41, 5.74) is 9.24. The number of allylic oxidation sites excluding steroid dienone is 4. The lowest BCUT2D eigenvalue weighted by Crippen LogP contribution is -2.04. The van der Waals surface area contributed by atoms with E-state index in [4.69, 9.17) is 23.8 Å². The zero-order chi connectivity index (χ0) is 33.5. The molecule has 4 heterocycles. The molecular formula is C45H28N4O2. The highest BCUT2D eigenvalue weighted by atomic mass is 16.3. The van der Waals surface area contributed by atoms with Gasteiger partial charge in [0.15, 0.2) is 23.1 Å². The molecular weight excluding hydrogens is 629 g/mol. The molecule has 1 aliphatic rings. The first-order valence-electron chi connectivity index (χ1n) is 17.3. The maximum Gasteiger partial charge on any atom is 0.167 e. The van der Waals surface area contributed by atoms with Gasteiger partial charge < -0.3 is 13.4 Å². The van der Waals surface area contributed by atoms with Crippen LogP contribution in [0.25, 0.3) is 99.7 Å². The Balaban J connectivity index is 1.17. The number of furan rings is 2. The minimum absolute atomic E-state index is 0.575. The molecule has 0 bridgehead atoms. The summed E-state index contributed by atoms with van der Waals surface area (Å²) in [5, 5.41) is 6.49. The summed E-state index contributed by atoms with van der Waals surface area (Å²) in [6.45, 7) is 0. The molecule has 0 aliphatic heterocycles. The monoisotopic (exact) mass is 656 g/mol. The lowest BCUT2D eigenvalue weighted by molar-refractivity contribution is 0.666. The zero-order valence-electron chi connectivity index (χ0n) is 27.4. The minimum Gasteiger partial charge on any atom is -0.455 e. The van der Waals surface area contributed by atoms with E-state index in [0.717, 1.165) is 90.1 Å². The zero-order valence-corrected chi connectivity index (χ0v) is 27.4. The highest BCUT2D eigenvalue weighted by Crippen LogP contribution is 2.42. The number of rotatable bonds is 4. The van der Waals surface area contributed by atoms with Crippen LogP contribution in [0.4, 0.5) is 0 Å². The van der Waals surface area contributed by atoms with Gasteiger partial charge in [-0.15, -0.1) is 0 Å². The fourth-order valence-corrected chi connectivity index (χ4v) is 7.85. The Bertz CT molecular complexity index is 3050. The summed E-state index contributed by atoms with van der Waals surface area (Å²) < 4.78 is 15.6. The molecule has 0 N–H and O–H groups in total. The van der Waals surface area contributed by atoms with Crippen molar-refractivity contribution in [1.29, 1.82) is 0 Å². The van der Waals surface area contributed by atoms with E-state index in [1.807, 2.05) is 42.5 Å². The average molecular weight is 657 g/mol. The molecule has 0 fully saturated rings. The summed E-state index contributed by atoms with van der Waals surface area (Å²) in [7, 11) is 0. The topological polar surface area (TPSA) is 69.9 Å². The second-order valence-corrected chi connectivity index (χ2v) is 13.0. The summed E-state index contributed by atoms with van der Waals surface area (Å²) in [4.78, 5) is 15.5. The Hall–Kier alpha value is -6.79. The van der Waals surface area contributed by atoms with Gasteiger partial charge in [0.1, 0.15) is 16.7 Å². The van der Waals surface area contributed by atoms with Crippen LogP contribution in [0.2, 0.25) is 0 Å². The number of para-hydroxylation sites is 5. The molecule has 51 heavy (non-hydrogen) atoms. The van der Waals surface area contributed by atoms with Gasteiger partial charge in [-0.3, -0.25) is 0 Å². The van der Waals surface area contributed by atoms with E-state index in [-0.39, 0.29) is 0 Å². The summed E-state index contributed by atoms with van der Waals surface area (Å²) >= 11 is 0. The number of hydrogen-bond donors (Lipinski definition) is 0. The van der Waals surface area contributed by atoms with Crippen molar-refractivity contribution < 1.29 is 8.83 Å². The third-order valence-electron chi connectivity index (χ3n) is 10.1. The smallest absolute Gasteiger partial charge is 0.167 e. The molecule has 0 amide bonds. The first kappa shape index (κ1) is 28.1. The summed E-state index contributed by atoms with van der Waals surface area (Å²) in [6, 6.07) is 43.9. The Morgan fingerprint density at radius 2 is 1.10 bits per heavy atom. The van der Waals surface area contributed by atoms with E-state index < -0.39 is 0 Å². The lowest BCUT2D eigenvalue weighted by Gasteiger charge is -2.12. The van der Waals surface area contributed by atoms with Crippen LogP contribution in [0.5, 0.6) is 0 Å². The SMILES string of the molecule is C1=CCCC(c2nc(-c3cccc4c3oc3ccccc34)nc(-c3cccc4oc5c(-n6c7ccccc7c7ccccc76)cccc5c34)n2)=C1. The Labute approximate surface area is 291 Å². The summed E-state index contributed by atoms with van der Waals surface area (Å²) in [6.07, 6.45) is 8.17. The molecule has 0 unspecified atom stereocenters. The fourth-order valence-electron chi connectivity index (χ4n) is 7.85. The molecule has 10 aromatic rings. The molecule has 0 spiro atoms. The van der Waals surface area contributed by atoms with E-state index in [9.17, 15) is 0 Å². The molecule has 1 aliphatic carbocycles. The number of hydrogen-bond acceptors (Lipinski definition) is 5. The van der Waals surface area contributed by atoms with Crippen molar-refractivity contribution >= 4 is 71.3 Å². The van der Waals surface area contributed by atoms with Crippen LogP contribution in [-0.4, -0.2) is 19.5 Å². The van der Waals surface area contributed by atoms with Crippen molar-refractivity contribution in [2.45, 2.75) is 12.8 Å². The Morgan fingerprint density at radius 1 is 0.490 bits per heavy atom. The maximum atomic E-state index is 6.79. The van der Waals surface area contributed by atoms with Crippen LogP contribution in [0.15, 0.2) is 154 Å². The van der Waals surface area contributed by atoms with Gasteiger partial charge in [0, 0.05) is 37.9 Å². The van der Waals surface area contributed by atoms with Crippen LogP contribution in [0, 0.1) is 0 Å². The highest BCUT2D eigenvalue weighted by Gasteiger charge is 2.23. The van der Waals surface area contributed by atoms with Gasteiger partial charge in [-0.05, 0) is 54.8 Å². The van der Waals surface area contributed by atoms with Crippen LogP contribution >= 0.6 is 0 Å². The van der Waals surface area contributed by atoms with Crippen molar-refractivity contribution in [2.75, 3.05) is 0 Å². The number of fused-ring (bicyclic) bond motifs is 9. The van der Waals surface area contributed by atoms with Crippen LogP contribution in [0.3, 0.4) is 0 Å². The number of aromatic nitrogens is 4. The van der Waals surface area contributed by atoms with Crippen LogP contribution in [-0.2, 0) is 0 Å². The van der Waals surface area contributed by atoms with Crippen LogP contribution < -0.4 is 0 Å². The molecule has 6 heteroatoms. The molecule has 240 valence electrons. The van der Waals surface area contributed by atoms with E-state index >= 15 is 0 Å². The van der Waals surface area contributed by atoms with Crippen molar-refractivity contribution in [3.63, 3.8) is 0 Å². The van der Waals surface area contributed by atoms with Gasteiger partial charge in [0.25, 0.3) is 0 Å². The van der Waals surface area contributed by atoms with Gasteiger partial charge in [0.05, 0.1) is 22.3 Å². The third kappa shape index (κ3) is 4.20. The van der Waals surface area contributed by atoms with E-state index in [1.165, 1.54) is 10.8 Å². The predicted molar refractivity (Wildman–Crippen MR) is 206 cm³/mol. The van der Waals surface area contributed by atoms with E-state index in [2.05, 4.69) is 108 Å². The van der Waals surface area contributed by atoms with Crippen molar-refractivity contribution in [3.8, 4) is 28.5 Å². The van der Waals surface area contributed by atoms with E-state index in [1.54, 1.807) is 0 Å². The van der Waals surface area contributed by atoms with Gasteiger partial charge in [-0.25, -0.2) is 15.0 Å². The normalized spacial score (nSPS) is 13.4. The maximum absolute atomic E-state index is 6.79. The molecule has 6 nitrogen and oxygen atoms in total. The largest absolute Gasteiger partial charge is 0.455 e. The third-order valence-corrected chi connectivity index (χ3v) is 10.1. The molecule has 0 saturated carbocycles. The van der Waals surface area contributed by atoms with Crippen LogP contribution in [0.1, 0.15) is 18.7 Å². The standard InChI is InChI=1S/C45H28N4O2/c1-2-13-27(14-3-1)43-46-44(48-45(47-43)34-21-10-18-31-30-17-6-9-25-38(30)50-41(31)34)33-20-12-26-39-40(33)32-19-11-24-37(42(32)51-39)49-35-22-7-4-15-28(35)29-16-5-8-23-36(29)49/h1-2,4-13,15-26H,3,14H2. The lowest BCUT2D eigenvalue weighted by atomic mass is 10.0. The molecule has 0 atom stereocenters. The van der Waals surface area contributed by atoms with Crippen molar-refractivity contribution in [3.05, 3.63) is 151 Å². The molecule has 11 rings (SSSR count). The summed E-state index contributed by atoms with van der Waals surface area (Å²) in [5.74, 6) is 1.84. The Kier molecular flexibility index (Phi) is 5.98. The second kappa shape index (κ2) is 10.9. The van der Waals surface area contributed by atoms with Gasteiger partial charge in [-0.1, -0.05) is 109 Å². The predicted octanol–water partition coefficient (Wildman–Crippen LogP) is 11.8. The highest BCUT2D eigenvalue weighted by molar-refractivity contribution is 6.16. The molecule has 4 aromatic heterocycles. The molecule has 6 aromatic carbocycles. The number of nitrogens with zero attached hydrogens (tertiary/aromatic N) is 4. The quantitative estimate of drug-likeness (QED) is 0.189. The van der Waals surface area contributed by atoms with E-state index in [0.29, 0.717) is 17.5 Å². The van der Waals surface area contributed by atoms with Crippen molar-refractivity contribution in [1.82, 2.24) is 19.5 Å². The minimum atomic E-state index is 0.575. The van der Waals surface area contributed by atoms with Gasteiger partial charge in [-0.2, -0.15) is 0 Å². The van der Waals surface area contributed by atoms with Gasteiger partial charge >= 0.3 is 0 Å². The fraction of sp³-hybridized carbons (Fsp3) is 0.0444.